The third-order valence-corrected chi connectivity index (χ3v) is 6.41. The molecule has 0 saturated carbocycles. The van der Waals surface area contributed by atoms with Crippen molar-refractivity contribution in [1.29, 1.82) is 0 Å². The number of H-pyrrole nitrogens is 1. The summed E-state index contributed by atoms with van der Waals surface area (Å²) in [4.78, 5) is 26.9. The van der Waals surface area contributed by atoms with Crippen molar-refractivity contribution in [3.63, 3.8) is 0 Å². The van der Waals surface area contributed by atoms with Gasteiger partial charge in [0.2, 0.25) is 11.8 Å². The van der Waals surface area contributed by atoms with E-state index in [2.05, 4.69) is 39.8 Å². The zero-order valence-electron chi connectivity index (χ0n) is 14.5. The summed E-state index contributed by atoms with van der Waals surface area (Å²) in [5, 5.41) is 17.0. The molecule has 8 nitrogen and oxygen atoms in total. The normalized spacial score (nSPS) is 29.4. The molecule has 4 rings (SSSR count). The Morgan fingerprint density at radius 3 is 2.69 bits per heavy atom. The molecule has 1 aliphatic carbocycles. The van der Waals surface area contributed by atoms with Gasteiger partial charge in [0, 0.05) is 17.1 Å². The van der Waals surface area contributed by atoms with Gasteiger partial charge in [-0.15, -0.1) is 22.0 Å². The molecule has 0 bridgehead atoms. The SMILES string of the molecule is CC1(C)SC2C(NC(=O)CC3C=CC=CC=C3)C(=O)N2C1c1nn[nH]n1. The Balaban J connectivity index is 1.43. The number of hydrogen-bond donors (Lipinski definition) is 2. The molecule has 0 aromatic carbocycles. The van der Waals surface area contributed by atoms with Crippen molar-refractivity contribution in [2.24, 2.45) is 5.92 Å². The molecule has 136 valence electrons. The van der Waals surface area contributed by atoms with Crippen LogP contribution in [-0.2, 0) is 9.59 Å². The fourth-order valence-electron chi connectivity index (χ4n) is 3.64. The van der Waals surface area contributed by atoms with Crippen molar-refractivity contribution in [2.75, 3.05) is 0 Å². The monoisotopic (exact) mass is 372 g/mol. The van der Waals surface area contributed by atoms with Crippen LogP contribution < -0.4 is 5.32 Å². The molecule has 3 aliphatic rings. The first kappa shape index (κ1) is 17.0. The van der Waals surface area contributed by atoms with Gasteiger partial charge in [-0.25, -0.2) is 0 Å². The van der Waals surface area contributed by atoms with Gasteiger partial charge in [0.15, 0.2) is 5.82 Å². The number of allylic oxidation sites excluding steroid dienone is 6. The van der Waals surface area contributed by atoms with E-state index in [4.69, 9.17) is 0 Å². The number of nitrogens with zero attached hydrogens (tertiary/aromatic N) is 4. The van der Waals surface area contributed by atoms with Crippen LogP contribution in [0.4, 0.5) is 0 Å². The molecular weight excluding hydrogens is 352 g/mol. The van der Waals surface area contributed by atoms with Gasteiger partial charge >= 0.3 is 0 Å². The minimum Gasteiger partial charge on any atom is -0.342 e. The van der Waals surface area contributed by atoms with Gasteiger partial charge in [0.05, 0.1) is 0 Å². The van der Waals surface area contributed by atoms with E-state index in [1.807, 2.05) is 36.5 Å². The molecule has 0 spiro atoms. The van der Waals surface area contributed by atoms with Gasteiger partial charge in [0.25, 0.3) is 0 Å². The second kappa shape index (κ2) is 6.39. The fraction of sp³-hybridized carbons (Fsp3) is 0.471. The zero-order chi connectivity index (χ0) is 18.3. The quantitative estimate of drug-likeness (QED) is 0.768. The van der Waals surface area contributed by atoms with Gasteiger partial charge in [-0.2, -0.15) is 5.21 Å². The first-order chi connectivity index (χ1) is 12.5. The van der Waals surface area contributed by atoms with Gasteiger partial charge in [-0.1, -0.05) is 41.7 Å². The number of tetrazole rings is 1. The van der Waals surface area contributed by atoms with E-state index in [9.17, 15) is 9.59 Å². The molecule has 2 N–H and O–H groups in total. The number of thioether (sulfide) groups is 1. The molecule has 1 aromatic rings. The number of nitrogens with one attached hydrogen (secondary N) is 2. The van der Waals surface area contributed by atoms with Crippen LogP contribution in [0.1, 0.15) is 32.1 Å². The highest BCUT2D eigenvalue weighted by atomic mass is 32.2. The van der Waals surface area contributed by atoms with Gasteiger partial charge < -0.3 is 10.2 Å². The van der Waals surface area contributed by atoms with Crippen LogP contribution in [0.5, 0.6) is 0 Å². The van der Waals surface area contributed by atoms with Gasteiger partial charge in [0.1, 0.15) is 17.5 Å². The predicted molar refractivity (Wildman–Crippen MR) is 96.7 cm³/mol. The first-order valence-electron chi connectivity index (χ1n) is 8.52. The Hall–Kier alpha value is -2.42. The average Bonchev–Trinajstić information content (AvgIpc) is 3.10. The van der Waals surface area contributed by atoms with Crippen molar-refractivity contribution in [3.05, 3.63) is 42.3 Å². The highest BCUT2D eigenvalue weighted by Crippen LogP contribution is 2.56. The first-order valence-corrected chi connectivity index (χ1v) is 9.40. The smallest absolute Gasteiger partial charge is 0.249 e. The van der Waals surface area contributed by atoms with Crippen LogP contribution in [0, 0.1) is 5.92 Å². The maximum Gasteiger partial charge on any atom is 0.249 e. The summed E-state index contributed by atoms with van der Waals surface area (Å²) in [6.45, 7) is 4.11. The predicted octanol–water partition coefficient (Wildman–Crippen LogP) is 1.11. The summed E-state index contributed by atoms with van der Waals surface area (Å²) in [6, 6.07) is -0.753. The summed E-state index contributed by atoms with van der Waals surface area (Å²) in [7, 11) is 0. The van der Waals surface area contributed by atoms with E-state index in [0.717, 1.165) is 0 Å². The van der Waals surface area contributed by atoms with E-state index in [1.54, 1.807) is 16.7 Å². The third kappa shape index (κ3) is 2.86. The number of rotatable bonds is 4. The number of fused-ring (bicyclic) bond motifs is 1. The number of hydrogen-bond acceptors (Lipinski definition) is 6. The van der Waals surface area contributed by atoms with Crippen molar-refractivity contribution >= 4 is 23.6 Å². The summed E-state index contributed by atoms with van der Waals surface area (Å²) in [5.74, 6) is 0.329. The standard InChI is InChI=1S/C17H20N6O2S/c1-17(2)13(14-19-21-22-20-14)23-15(25)12(16(23)26-17)18-11(24)9-10-7-5-3-4-6-8-10/h3-8,10,12-13,16H,9H2,1-2H3,(H,18,24)(H,19,20,21,22). The number of amides is 2. The average molecular weight is 372 g/mol. The number of carbonyl (C=O) groups is 2. The van der Waals surface area contributed by atoms with Crippen LogP contribution in [0.2, 0.25) is 0 Å². The summed E-state index contributed by atoms with van der Waals surface area (Å²) < 4.78 is -0.262. The molecule has 9 heteroatoms. The summed E-state index contributed by atoms with van der Waals surface area (Å²) in [6.07, 6.45) is 12.0. The lowest BCUT2D eigenvalue weighted by atomic mass is 9.95. The molecule has 2 amide bonds. The van der Waals surface area contributed by atoms with Crippen molar-refractivity contribution in [3.8, 4) is 0 Å². The highest BCUT2D eigenvalue weighted by molar-refractivity contribution is 8.01. The number of carbonyl (C=O) groups excluding carboxylic acids is 2. The van der Waals surface area contributed by atoms with E-state index in [0.29, 0.717) is 12.2 Å². The van der Waals surface area contributed by atoms with Crippen LogP contribution >= 0.6 is 11.8 Å². The summed E-state index contributed by atoms with van der Waals surface area (Å²) >= 11 is 1.66. The zero-order valence-corrected chi connectivity index (χ0v) is 15.3. The van der Waals surface area contributed by atoms with Gasteiger partial charge in [-0.05, 0) is 13.8 Å². The summed E-state index contributed by atoms with van der Waals surface area (Å²) in [5.41, 5.74) is 0. The van der Waals surface area contributed by atoms with E-state index in [-0.39, 0.29) is 33.9 Å². The lowest BCUT2D eigenvalue weighted by Gasteiger charge is -2.44. The van der Waals surface area contributed by atoms with Crippen LogP contribution in [0.15, 0.2) is 36.5 Å². The maximum atomic E-state index is 12.7. The highest BCUT2D eigenvalue weighted by Gasteiger charge is 2.63. The molecule has 2 saturated heterocycles. The minimum atomic E-state index is -0.500. The largest absolute Gasteiger partial charge is 0.342 e. The lowest BCUT2D eigenvalue weighted by Crippen LogP contribution is -2.67. The fourth-order valence-corrected chi connectivity index (χ4v) is 5.27. The molecule has 2 aliphatic heterocycles. The molecule has 0 radical (unpaired) electrons. The number of aromatic nitrogens is 4. The lowest BCUT2D eigenvalue weighted by molar-refractivity contribution is -0.151. The van der Waals surface area contributed by atoms with Crippen LogP contribution in [-0.4, -0.2) is 53.5 Å². The van der Waals surface area contributed by atoms with Crippen molar-refractivity contribution < 1.29 is 9.59 Å². The molecule has 3 unspecified atom stereocenters. The molecule has 2 fully saturated rings. The Kier molecular flexibility index (Phi) is 4.18. The third-order valence-electron chi connectivity index (χ3n) is 4.83. The Labute approximate surface area is 155 Å². The van der Waals surface area contributed by atoms with Crippen LogP contribution in [0.25, 0.3) is 0 Å². The van der Waals surface area contributed by atoms with E-state index >= 15 is 0 Å². The van der Waals surface area contributed by atoms with E-state index in [1.165, 1.54) is 0 Å². The molecular formula is C17H20N6O2S. The number of β-lactam (4-membered cyclic amide) rings is 1. The second-order valence-electron chi connectivity index (χ2n) is 7.10. The Morgan fingerprint density at radius 1 is 1.31 bits per heavy atom. The molecule has 3 atom stereocenters. The van der Waals surface area contributed by atoms with Crippen molar-refractivity contribution in [2.45, 2.75) is 42.5 Å². The molecule has 26 heavy (non-hydrogen) atoms. The Bertz CT molecular complexity index is 784. The van der Waals surface area contributed by atoms with Crippen molar-refractivity contribution in [1.82, 2.24) is 30.8 Å². The topological polar surface area (TPSA) is 104 Å². The van der Waals surface area contributed by atoms with E-state index < -0.39 is 6.04 Å². The minimum absolute atomic E-state index is 0.0380. The molecule has 3 heterocycles. The maximum absolute atomic E-state index is 12.7. The van der Waals surface area contributed by atoms with Crippen LogP contribution in [0.3, 0.4) is 0 Å². The Morgan fingerprint density at radius 2 is 2.04 bits per heavy atom. The number of aromatic amines is 1. The molecule has 1 aromatic heterocycles. The second-order valence-corrected chi connectivity index (χ2v) is 8.87. The van der Waals surface area contributed by atoms with Gasteiger partial charge in [-0.3, -0.25) is 9.59 Å².